The first-order valence-corrected chi connectivity index (χ1v) is 10.5. The third kappa shape index (κ3) is 2.91. The Morgan fingerprint density at radius 3 is 2.85 bits per heavy atom. The number of benzene rings is 1. The molecule has 1 aliphatic carbocycles. The first kappa shape index (κ1) is 17.5. The molecule has 0 unspecified atom stereocenters. The highest BCUT2D eigenvalue weighted by Gasteiger charge is 2.17. The van der Waals surface area contributed by atoms with Crippen LogP contribution in [0.3, 0.4) is 0 Å². The van der Waals surface area contributed by atoms with Crippen LogP contribution in [0.4, 0.5) is 0 Å². The topological polar surface area (TPSA) is 52.0 Å². The van der Waals surface area contributed by atoms with Crippen molar-refractivity contribution in [3.63, 3.8) is 0 Å². The number of rotatable bonds is 4. The monoisotopic (exact) mass is 384 g/mol. The molecule has 4 rings (SSSR count). The molecule has 0 fully saturated rings. The van der Waals surface area contributed by atoms with E-state index in [4.69, 9.17) is 0 Å². The van der Waals surface area contributed by atoms with Gasteiger partial charge in [-0.05, 0) is 55.9 Å². The number of hydrogen-bond acceptors (Lipinski definition) is 5. The van der Waals surface area contributed by atoms with Crippen LogP contribution in [0.2, 0.25) is 0 Å². The van der Waals surface area contributed by atoms with Crippen LogP contribution >= 0.6 is 23.1 Å². The largest absolute Gasteiger partial charge is 0.293 e. The van der Waals surface area contributed by atoms with Crippen molar-refractivity contribution in [2.75, 3.05) is 5.75 Å². The molecule has 0 radical (unpaired) electrons. The molecule has 0 spiro atoms. The van der Waals surface area contributed by atoms with Gasteiger partial charge in [-0.2, -0.15) is 0 Å². The SMILES string of the molecule is Cc1sc2nc(SCC(=O)c3ccc4c(c3)CCC4)n(C)c(=O)c2c1C. The molecule has 0 saturated carbocycles. The zero-order valence-corrected chi connectivity index (χ0v) is 16.7. The number of fused-ring (bicyclic) bond motifs is 2. The number of nitrogens with zero attached hydrogens (tertiary/aromatic N) is 2. The van der Waals surface area contributed by atoms with Crippen molar-refractivity contribution in [2.24, 2.45) is 7.05 Å². The first-order chi connectivity index (χ1) is 12.5. The van der Waals surface area contributed by atoms with Crippen molar-refractivity contribution in [2.45, 2.75) is 38.3 Å². The van der Waals surface area contributed by atoms with Crippen LogP contribution < -0.4 is 5.56 Å². The molecule has 1 aliphatic rings. The molecular formula is C20H20N2O2S2. The molecule has 0 saturated heterocycles. The summed E-state index contributed by atoms with van der Waals surface area (Å²) in [4.78, 5) is 31.8. The third-order valence-corrected chi connectivity index (χ3v) is 7.25. The zero-order chi connectivity index (χ0) is 18.4. The van der Waals surface area contributed by atoms with E-state index in [-0.39, 0.29) is 17.1 Å². The number of Topliss-reactive ketones (excluding diaryl/α,β-unsaturated/α-hetero) is 1. The van der Waals surface area contributed by atoms with E-state index < -0.39 is 0 Å². The lowest BCUT2D eigenvalue weighted by molar-refractivity contribution is 0.102. The van der Waals surface area contributed by atoms with Gasteiger partial charge in [0, 0.05) is 17.5 Å². The Morgan fingerprint density at radius 1 is 1.27 bits per heavy atom. The Hall–Kier alpha value is -1.92. The minimum Gasteiger partial charge on any atom is -0.293 e. The normalized spacial score (nSPS) is 13.3. The van der Waals surface area contributed by atoms with Crippen molar-refractivity contribution in [3.8, 4) is 0 Å². The lowest BCUT2D eigenvalue weighted by Gasteiger charge is -2.08. The van der Waals surface area contributed by atoms with E-state index in [0.717, 1.165) is 33.7 Å². The molecule has 2 aromatic heterocycles. The van der Waals surface area contributed by atoms with E-state index in [2.05, 4.69) is 11.1 Å². The van der Waals surface area contributed by atoms with Crippen LogP contribution in [0.25, 0.3) is 10.2 Å². The molecule has 6 heteroatoms. The maximum absolute atomic E-state index is 12.7. The number of carbonyl (C=O) groups excluding carboxylic acids is 1. The van der Waals surface area contributed by atoms with Crippen LogP contribution in [-0.2, 0) is 19.9 Å². The van der Waals surface area contributed by atoms with E-state index in [1.165, 1.54) is 40.6 Å². The van der Waals surface area contributed by atoms with Gasteiger partial charge in [0.05, 0.1) is 11.1 Å². The second kappa shape index (κ2) is 6.67. The Bertz CT molecular complexity index is 1100. The first-order valence-electron chi connectivity index (χ1n) is 8.70. The highest BCUT2D eigenvalue weighted by molar-refractivity contribution is 7.99. The average Bonchev–Trinajstić information content (AvgIpc) is 3.20. The number of hydrogen-bond donors (Lipinski definition) is 0. The summed E-state index contributed by atoms with van der Waals surface area (Å²) in [7, 11) is 1.73. The van der Waals surface area contributed by atoms with Crippen molar-refractivity contribution >= 4 is 39.1 Å². The van der Waals surface area contributed by atoms with Crippen molar-refractivity contribution < 1.29 is 4.79 Å². The highest BCUT2D eigenvalue weighted by atomic mass is 32.2. The molecule has 134 valence electrons. The Morgan fingerprint density at radius 2 is 2.04 bits per heavy atom. The zero-order valence-electron chi connectivity index (χ0n) is 15.1. The smallest absolute Gasteiger partial charge is 0.262 e. The van der Waals surface area contributed by atoms with E-state index in [9.17, 15) is 9.59 Å². The fourth-order valence-electron chi connectivity index (χ4n) is 3.44. The van der Waals surface area contributed by atoms with Crippen molar-refractivity contribution in [1.82, 2.24) is 9.55 Å². The summed E-state index contributed by atoms with van der Waals surface area (Å²) in [5, 5.41) is 1.29. The lowest BCUT2D eigenvalue weighted by Crippen LogP contribution is -2.20. The second-order valence-electron chi connectivity index (χ2n) is 6.77. The van der Waals surface area contributed by atoms with Gasteiger partial charge in [0.25, 0.3) is 5.56 Å². The summed E-state index contributed by atoms with van der Waals surface area (Å²) >= 11 is 2.87. The number of carbonyl (C=O) groups is 1. The van der Waals surface area contributed by atoms with Crippen LogP contribution in [0.1, 0.15) is 38.3 Å². The number of aromatic nitrogens is 2. The van der Waals surface area contributed by atoms with Crippen LogP contribution in [0.15, 0.2) is 28.2 Å². The van der Waals surface area contributed by atoms with Crippen LogP contribution in [0.5, 0.6) is 0 Å². The van der Waals surface area contributed by atoms with E-state index in [1.807, 2.05) is 26.0 Å². The summed E-state index contributed by atoms with van der Waals surface area (Å²) in [6.45, 7) is 3.97. The maximum Gasteiger partial charge on any atom is 0.262 e. The minimum atomic E-state index is -0.0377. The number of thiophene rings is 1. The van der Waals surface area contributed by atoms with Gasteiger partial charge in [-0.3, -0.25) is 14.2 Å². The molecule has 1 aromatic carbocycles. The van der Waals surface area contributed by atoms with E-state index in [1.54, 1.807) is 11.6 Å². The third-order valence-electron chi connectivity index (χ3n) is 5.12. The molecule has 26 heavy (non-hydrogen) atoms. The summed E-state index contributed by atoms with van der Waals surface area (Å²) in [5.41, 5.74) is 4.39. The second-order valence-corrected chi connectivity index (χ2v) is 8.92. The van der Waals surface area contributed by atoms with Gasteiger partial charge in [0.1, 0.15) is 4.83 Å². The molecule has 3 aromatic rings. The van der Waals surface area contributed by atoms with Gasteiger partial charge in [-0.15, -0.1) is 11.3 Å². The molecule has 0 atom stereocenters. The Kier molecular flexibility index (Phi) is 4.49. The minimum absolute atomic E-state index is 0.0377. The summed E-state index contributed by atoms with van der Waals surface area (Å²) in [6, 6.07) is 6.04. The number of aryl methyl sites for hydroxylation is 4. The van der Waals surface area contributed by atoms with E-state index >= 15 is 0 Å². The van der Waals surface area contributed by atoms with Gasteiger partial charge in [-0.25, -0.2) is 4.98 Å². The Labute approximate surface area is 160 Å². The Balaban J connectivity index is 1.59. The molecule has 0 bridgehead atoms. The quantitative estimate of drug-likeness (QED) is 0.386. The molecule has 0 amide bonds. The van der Waals surface area contributed by atoms with Gasteiger partial charge < -0.3 is 0 Å². The van der Waals surface area contributed by atoms with Gasteiger partial charge in [0.15, 0.2) is 10.9 Å². The summed E-state index contributed by atoms with van der Waals surface area (Å²) in [6.07, 6.45) is 3.35. The summed E-state index contributed by atoms with van der Waals surface area (Å²) < 4.78 is 1.56. The fraction of sp³-hybridized carbons (Fsp3) is 0.350. The lowest BCUT2D eigenvalue weighted by atomic mass is 10.0. The van der Waals surface area contributed by atoms with Crippen molar-refractivity contribution in [1.29, 1.82) is 0 Å². The molecule has 4 nitrogen and oxygen atoms in total. The fourth-order valence-corrected chi connectivity index (χ4v) is 5.38. The van der Waals surface area contributed by atoms with Gasteiger partial charge in [0.2, 0.25) is 0 Å². The maximum atomic E-state index is 12.7. The highest BCUT2D eigenvalue weighted by Crippen LogP contribution is 2.28. The standard InChI is InChI=1S/C20H20N2O2S2/c1-11-12(2)26-18-17(11)19(24)22(3)20(21-18)25-10-16(23)15-8-7-13-5-4-6-14(13)9-15/h7-9H,4-6,10H2,1-3H3. The van der Waals surface area contributed by atoms with Gasteiger partial charge in [-0.1, -0.05) is 23.9 Å². The number of thioether (sulfide) groups is 1. The molecule has 0 aliphatic heterocycles. The number of ketones is 1. The van der Waals surface area contributed by atoms with Crippen molar-refractivity contribution in [3.05, 3.63) is 55.7 Å². The molecular weight excluding hydrogens is 364 g/mol. The predicted octanol–water partition coefficient (Wildman–Crippen LogP) is 4.08. The average molecular weight is 385 g/mol. The molecule has 2 heterocycles. The predicted molar refractivity (Wildman–Crippen MR) is 108 cm³/mol. The van der Waals surface area contributed by atoms with Gasteiger partial charge >= 0.3 is 0 Å². The van der Waals surface area contributed by atoms with E-state index in [0.29, 0.717) is 10.5 Å². The molecule has 0 N–H and O–H groups in total. The van der Waals surface area contributed by atoms with Crippen LogP contribution in [-0.4, -0.2) is 21.1 Å². The summed E-state index contributed by atoms with van der Waals surface area (Å²) in [5.74, 6) is 0.367. The van der Waals surface area contributed by atoms with Crippen LogP contribution in [0, 0.1) is 13.8 Å².